The number of H-pyrrole nitrogens is 2. The van der Waals surface area contributed by atoms with E-state index < -0.39 is 6.04 Å². The molecule has 0 aromatic carbocycles. The van der Waals surface area contributed by atoms with Crippen molar-refractivity contribution in [1.29, 1.82) is 0 Å². The van der Waals surface area contributed by atoms with Gasteiger partial charge < -0.3 is 5.32 Å². The molecule has 16 heavy (non-hydrogen) atoms. The van der Waals surface area contributed by atoms with Gasteiger partial charge in [0.2, 0.25) is 5.91 Å². The summed E-state index contributed by atoms with van der Waals surface area (Å²) in [7, 11) is 0. The minimum absolute atomic E-state index is 0.0985. The number of hydrogen-bond acceptors (Lipinski definition) is 4. The van der Waals surface area contributed by atoms with Crippen molar-refractivity contribution in [3.8, 4) is 0 Å². The number of amides is 1. The van der Waals surface area contributed by atoms with Crippen molar-refractivity contribution in [1.82, 2.24) is 20.5 Å². The van der Waals surface area contributed by atoms with Crippen LogP contribution in [0, 0.1) is 4.77 Å². The third-order valence-electron chi connectivity index (χ3n) is 2.00. The molecular formula is C9H14N4O2S. The Morgan fingerprint density at radius 3 is 2.88 bits per heavy atom. The molecule has 6 nitrogen and oxygen atoms in total. The van der Waals surface area contributed by atoms with Crippen LogP contribution in [0.25, 0.3) is 0 Å². The molecule has 3 N–H and O–H groups in total. The van der Waals surface area contributed by atoms with Crippen molar-refractivity contribution in [3.63, 3.8) is 0 Å². The van der Waals surface area contributed by atoms with E-state index >= 15 is 0 Å². The van der Waals surface area contributed by atoms with Crippen molar-refractivity contribution in [2.45, 2.75) is 32.7 Å². The number of carbonyl (C=O) groups excluding carboxylic acids is 1. The van der Waals surface area contributed by atoms with E-state index in [0.717, 1.165) is 6.42 Å². The van der Waals surface area contributed by atoms with Gasteiger partial charge >= 0.3 is 0 Å². The van der Waals surface area contributed by atoms with Crippen LogP contribution in [0.4, 0.5) is 0 Å². The Balaban J connectivity index is 2.81. The van der Waals surface area contributed by atoms with E-state index in [4.69, 9.17) is 12.2 Å². The number of aromatic amines is 2. The lowest BCUT2D eigenvalue weighted by Gasteiger charge is -2.11. The Bertz CT molecular complexity index is 479. The molecule has 0 saturated heterocycles. The smallest absolute Gasteiger partial charge is 0.275 e. The molecule has 0 saturated carbocycles. The standard InChI is InChI=1S/C9H14N4O2S/c1-3-4-6(14)10-5(2)7-8(15)11-9(16)13-12-7/h5H,3-4H2,1-2H3,(H,10,14)(H2,11,13,15,16). The lowest BCUT2D eigenvalue weighted by molar-refractivity contribution is -0.121. The second-order valence-electron chi connectivity index (χ2n) is 3.43. The van der Waals surface area contributed by atoms with Crippen LogP contribution in [0.15, 0.2) is 4.79 Å². The van der Waals surface area contributed by atoms with Crippen LogP contribution in [0.2, 0.25) is 0 Å². The number of hydrogen-bond donors (Lipinski definition) is 3. The SMILES string of the molecule is CCCC(=O)NC(C)c1n[nH]c(=S)[nH]c1=O. The zero-order valence-electron chi connectivity index (χ0n) is 9.16. The molecule has 0 aliphatic rings. The maximum absolute atomic E-state index is 11.5. The fourth-order valence-electron chi connectivity index (χ4n) is 1.26. The molecule has 1 atom stereocenters. The summed E-state index contributed by atoms with van der Waals surface area (Å²) in [4.78, 5) is 25.2. The van der Waals surface area contributed by atoms with Crippen LogP contribution in [-0.4, -0.2) is 21.1 Å². The second kappa shape index (κ2) is 5.55. The highest BCUT2D eigenvalue weighted by Crippen LogP contribution is 2.02. The lowest BCUT2D eigenvalue weighted by atomic mass is 10.2. The predicted octanol–water partition coefficient (Wildman–Crippen LogP) is 0.805. The lowest BCUT2D eigenvalue weighted by Crippen LogP contribution is -2.31. The number of nitrogens with zero attached hydrogens (tertiary/aromatic N) is 1. The van der Waals surface area contributed by atoms with E-state index in [0.29, 0.717) is 6.42 Å². The van der Waals surface area contributed by atoms with Gasteiger partial charge in [-0.25, -0.2) is 0 Å². The molecule has 1 amide bonds. The van der Waals surface area contributed by atoms with Gasteiger partial charge in [-0.05, 0) is 25.6 Å². The van der Waals surface area contributed by atoms with Crippen molar-refractivity contribution in [2.75, 3.05) is 0 Å². The monoisotopic (exact) mass is 242 g/mol. The largest absolute Gasteiger partial charge is 0.348 e. The van der Waals surface area contributed by atoms with Crippen LogP contribution >= 0.6 is 12.2 Å². The van der Waals surface area contributed by atoms with Crippen molar-refractivity contribution >= 4 is 18.1 Å². The van der Waals surface area contributed by atoms with E-state index in [-0.39, 0.29) is 21.9 Å². The number of nitrogens with one attached hydrogen (secondary N) is 3. The Morgan fingerprint density at radius 2 is 2.31 bits per heavy atom. The third-order valence-corrected chi connectivity index (χ3v) is 2.20. The zero-order valence-corrected chi connectivity index (χ0v) is 9.98. The fourth-order valence-corrected chi connectivity index (χ4v) is 1.40. The van der Waals surface area contributed by atoms with Crippen molar-refractivity contribution < 1.29 is 4.79 Å². The number of aromatic nitrogens is 3. The van der Waals surface area contributed by atoms with Crippen molar-refractivity contribution in [2.24, 2.45) is 0 Å². The minimum Gasteiger partial charge on any atom is -0.348 e. The van der Waals surface area contributed by atoms with Gasteiger partial charge in [-0.15, -0.1) is 0 Å². The van der Waals surface area contributed by atoms with Crippen LogP contribution < -0.4 is 10.9 Å². The number of rotatable bonds is 4. The Kier molecular flexibility index (Phi) is 4.36. The fraction of sp³-hybridized carbons (Fsp3) is 0.556. The summed E-state index contributed by atoms with van der Waals surface area (Å²) in [6.07, 6.45) is 1.20. The molecule has 0 radical (unpaired) electrons. The van der Waals surface area contributed by atoms with Crippen LogP contribution in [0.5, 0.6) is 0 Å². The topological polar surface area (TPSA) is 90.6 Å². The molecule has 0 spiro atoms. The Labute approximate surface area is 97.5 Å². The summed E-state index contributed by atoms with van der Waals surface area (Å²) in [6.45, 7) is 3.61. The molecule has 88 valence electrons. The molecule has 0 aliphatic carbocycles. The quantitative estimate of drug-likeness (QED) is 0.681. The van der Waals surface area contributed by atoms with E-state index in [1.54, 1.807) is 6.92 Å². The summed E-state index contributed by atoms with van der Waals surface area (Å²) in [5.74, 6) is -0.0985. The van der Waals surface area contributed by atoms with Gasteiger partial charge in [0.05, 0.1) is 6.04 Å². The van der Waals surface area contributed by atoms with Gasteiger partial charge in [0, 0.05) is 6.42 Å². The van der Waals surface area contributed by atoms with Crippen LogP contribution in [0.1, 0.15) is 38.4 Å². The van der Waals surface area contributed by atoms with Gasteiger partial charge in [-0.2, -0.15) is 5.10 Å². The van der Waals surface area contributed by atoms with E-state index in [9.17, 15) is 9.59 Å². The molecule has 0 bridgehead atoms. The van der Waals surface area contributed by atoms with Crippen LogP contribution in [0.3, 0.4) is 0 Å². The average molecular weight is 242 g/mol. The highest BCUT2D eigenvalue weighted by atomic mass is 32.1. The maximum Gasteiger partial charge on any atom is 0.275 e. The summed E-state index contributed by atoms with van der Waals surface area (Å²) in [6, 6.07) is -0.436. The molecular weight excluding hydrogens is 228 g/mol. The van der Waals surface area contributed by atoms with E-state index in [1.165, 1.54) is 0 Å². The molecule has 0 aliphatic heterocycles. The first-order valence-corrected chi connectivity index (χ1v) is 5.43. The molecule has 1 rings (SSSR count). The Hall–Kier alpha value is -1.50. The third kappa shape index (κ3) is 3.27. The summed E-state index contributed by atoms with van der Waals surface area (Å²) in [5, 5.41) is 8.97. The van der Waals surface area contributed by atoms with Crippen LogP contribution in [-0.2, 0) is 4.79 Å². The molecule has 7 heteroatoms. The van der Waals surface area contributed by atoms with Gasteiger partial charge in [0.15, 0.2) is 4.77 Å². The first kappa shape index (κ1) is 12.6. The summed E-state index contributed by atoms with van der Waals surface area (Å²) >= 11 is 4.71. The first-order chi connectivity index (χ1) is 7.54. The molecule has 0 fully saturated rings. The molecule has 1 unspecified atom stereocenters. The number of carbonyl (C=O) groups is 1. The van der Waals surface area contributed by atoms with E-state index in [2.05, 4.69) is 20.5 Å². The Morgan fingerprint density at radius 1 is 1.62 bits per heavy atom. The molecule has 1 aromatic rings. The second-order valence-corrected chi connectivity index (χ2v) is 3.84. The highest BCUT2D eigenvalue weighted by molar-refractivity contribution is 7.71. The summed E-state index contributed by atoms with van der Waals surface area (Å²) in [5.41, 5.74) is -0.161. The van der Waals surface area contributed by atoms with Gasteiger partial charge in [-0.3, -0.25) is 19.7 Å². The maximum atomic E-state index is 11.5. The zero-order chi connectivity index (χ0) is 12.1. The van der Waals surface area contributed by atoms with Gasteiger partial charge in [-0.1, -0.05) is 6.92 Å². The van der Waals surface area contributed by atoms with Gasteiger partial charge in [0.25, 0.3) is 5.56 Å². The molecule has 1 heterocycles. The van der Waals surface area contributed by atoms with Crippen molar-refractivity contribution in [3.05, 3.63) is 20.8 Å². The minimum atomic E-state index is -0.436. The van der Waals surface area contributed by atoms with Gasteiger partial charge in [0.1, 0.15) is 5.69 Å². The molecule has 1 aromatic heterocycles. The predicted molar refractivity (Wildman–Crippen MR) is 61.5 cm³/mol. The van der Waals surface area contributed by atoms with E-state index in [1.807, 2.05) is 6.92 Å². The first-order valence-electron chi connectivity index (χ1n) is 5.02. The normalized spacial score (nSPS) is 12.1. The average Bonchev–Trinajstić information content (AvgIpc) is 2.17. The summed E-state index contributed by atoms with van der Waals surface area (Å²) < 4.78 is 0.167. The highest BCUT2D eigenvalue weighted by Gasteiger charge is 2.13.